The summed E-state index contributed by atoms with van der Waals surface area (Å²) in [5, 5.41) is 15.7. The molecule has 1 heterocycles. The molecule has 2 rings (SSSR count). The third kappa shape index (κ3) is 2.38. The molecule has 0 radical (unpaired) electrons. The van der Waals surface area contributed by atoms with Gasteiger partial charge in [0.05, 0.1) is 23.0 Å². The number of nitrogens with zero attached hydrogens (tertiary/aromatic N) is 3. The van der Waals surface area contributed by atoms with E-state index in [0.717, 1.165) is 5.69 Å². The molecule has 0 atom stereocenters. The van der Waals surface area contributed by atoms with E-state index in [0.29, 0.717) is 16.8 Å². The fraction of sp³-hybridized carbons (Fsp3) is 0.154. The second kappa shape index (κ2) is 4.72. The van der Waals surface area contributed by atoms with Crippen LogP contribution in [0.3, 0.4) is 0 Å². The molecule has 0 fully saturated rings. The number of carbonyl (C=O) groups excluding carboxylic acids is 1. The Hall–Kier alpha value is -2.61. The van der Waals surface area contributed by atoms with Crippen molar-refractivity contribution in [1.82, 2.24) is 9.78 Å². The van der Waals surface area contributed by atoms with Crippen LogP contribution in [0.15, 0.2) is 30.5 Å². The number of anilines is 1. The standard InChI is InChI=1S/C13H12N4O/c1-9-12(8-17(2)16-9)15-13(18)11-5-3-4-10(6-11)7-14/h3-6,8H,1-2H3,(H,15,18). The van der Waals surface area contributed by atoms with Gasteiger partial charge in [-0.15, -0.1) is 0 Å². The number of aromatic nitrogens is 2. The number of hydrogen-bond donors (Lipinski definition) is 1. The van der Waals surface area contributed by atoms with Crippen molar-refractivity contribution in [2.24, 2.45) is 7.05 Å². The Morgan fingerprint density at radius 1 is 1.50 bits per heavy atom. The molecule has 0 saturated carbocycles. The quantitative estimate of drug-likeness (QED) is 0.870. The molecule has 1 aromatic carbocycles. The van der Waals surface area contributed by atoms with Crippen molar-refractivity contribution in [2.75, 3.05) is 5.32 Å². The van der Waals surface area contributed by atoms with Gasteiger partial charge in [-0.1, -0.05) is 6.07 Å². The summed E-state index contributed by atoms with van der Waals surface area (Å²) in [6.45, 7) is 1.82. The zero-order valence-electron chi connectivity index (χ0n) is 10.1. The van der Waals surface area contributed by atoms with E-state index in [1.165, 1.54) is 0 Å². The molecule has 2 aromatic rings. The second-order valence-electron chi connectivity index (χ2n) is 3.95. The zero-order chi connectivity index (χ0) is 13.1. The molecule has 0 aliphatic heterocycles. The average molecular weight is 240 g/mol. The van der Waals surface area contributed by atoms with Crippen molar-refractivity contribution in [1.29, 1.82) is 5.26 Å². The number of nitriles is 1. The molecule has 18 heavy (non-hydrogen) atoms. The van der Waals surface area contributed by atoms with Crippen molar-refractivity contribution in [3.8, 4) is 6.07 Å². The SMILES string of the molecule is Cc1nn(C)cc1NC(=O)c1cccc(C#N)c1. The van der Waals surface area contributed by atoms with Gasteiger partial charge in [-0.25, -0.2) is 0 Å². The summed E-state index contributed by atoms with van der Waals surface area (Å²) in [7, 11) is 1.79. The van der Waals surface area contributed by atoms with Gasteiger partial charge in [-0.2, -0.15) is 10.4 Å². The van der Waals surface area contributed by atoms with Crippen LogP contribution in [0.25, 0.3) is 0 Å². The summed E-state index contributed by atoms with van der Waals surface area (Å²) in [5.41, 5.74) is 2.34. The van der Waals surface area contributed by atoms with Gasteiger partial charge in [-0.3, -0.25) is 9.48 Å². The van der Waals surface area contributed by atoms with Gasteiger partial charge in [-0.05, 0) is 25.1 Å². The van der Waals surface area contributed by atoms with Crippen LogP contribution in [0.1, 0.15) is 21.6 Å². The van der Waals surface area contributed by atoms with Gasteiger partial charge < -0.3 is 5.32 Å². The van der Waals surface area contributed by atoms with Crippen LogP contribution >= 0.6 is 0 Å². The number of amides is 1. The summed E-state index contributed by atoms with van der Waals surface area (Å²) in [4.78, 5) is 12.0. The van der Waals surface area contributed by atoms with Gasteiger partial charge >= 0.3 is 0 Å². The van der Waals surface area contributed by atoms with E-state index in [2.05, 4.69) is 10.4 Å². The highest BCUT2D eigenvalue weighted by Gasteiger charge is 2.10. The third-order valence-electron chi connectivity index (χ3n) is 2.52. The van der Waals surface area contributed by atoms with E-state index in [9.17, 15) is 4.79 Å². The normalized spacial score (nSPS) is 9.83. The first-order valence-corrected chi connectivity index (χ1v) is 5.42. The van der Waals surface area contributed by atoms with E-state index < -0.39 is 0 Å². The molecule has 0 bridgehead atoms. The first-order valence-electron chi connectivity index (χ1n) is 5.42. The third-order valence-corrected chi connectivity index (χ3v) is 2.52. The summed E-state index contributed by atoms with van der Waals surface area (Å²) < 4.78 is 1.64. The number of hydrogen-bond acceptors (Lipinski definition) is 3. The number of benzene rings is 1. The summed E-state index contributed by atoms with van der Waals surface area (Å²) in [6.07, 6.45) is 1.74. The summed E-state index contributed by atoms with van der Waals surface area (Å²) >= 11 is 0. The van der Waals surface area contributed by atoms with Crippen molar-refractivity contribution in [3.05, 3.63) is 47.3 Å². The minimum Gasteiger partial charge on any atom is -0.319 e. The predicted molar refractivity (Wildman–Crippen MR) is 67.1 cm³/mol. The lowest BCUT2D eigenvalue weighted by Crippen LogP contribution is -2.12. The first kappa shape index (κ1) is 11.9. The Kier molecular flexibility index (Phi) is 3.11. The molecular formula is C13H12N4O. The molecular weight excluding hydrogens is 228 g/mol. The minimum atomic E-state index is -0.247. The molecule has 5 nitrogen and oxygen atoms in total. The Morgan fingerprint density at radius 2 is 2.28 bits per heavy atom. The molecule has 1 amide bonds. The Labute approximate surface area is 105 Å². The average Bonchev–Trinajstić information content (AvgIpc) is 2.68. The van der Waals surface area contributed by atoms with Crippen LogP contribution in [0.4, 0.5) is 5.69 Å². The monoisotopic (exact) mass is 240 g/mol. The van der Waals surface area contributed by atoms with Crippen LogP contribution in [-0.2, 0) is 7.05 Å². The van der Waals surface area contributed by atoms with Gasteiger partial charge in [0.1, 0.15) is 0 Å². The fourth-order valence-electron chi connectivity index (χ4n) is 1.65. The fourth-order valence-corrected chi connectivity index (χ4v) is 1.65. The van der Waals surface area contributed by atoms with E-state index in [1.807, 2.05) is 13.0 Å². The van der Waals surface area contributed by atoms with Crippen molar-refractivity contribution >= 4 is 11.6 Å². The largest absolute Gasteiger partial charge is 0.319 e. The molecule has 90 valence electrons. The van der Waals surface area contributed by atoms with E-state index in [1.54, 1.807) is 42.2 Å². The van der Waals surface area contributed by atoms with E-state index in [4.69, 9.17) is 5.26 Å². The highest BCUT2D eigenvalue weighted by molar-refractivity contribution is 6.04. The molecule has 0 saturated heterocycles. The highest BCUT2D eigenvalue weighted by atomic mass is 16.1. The smallest absolute Gasteiger partial charge is 0.255 e. The number of rotatable bonds is 2. The predicted octanol–water partition coefficient (Wildman–Crippen LogP) is 1.85. The number of carbonyl (C=O) groups is 1. The lowest BCUT2D eigenvalue weighted by atomic mass is 10.1. The van der Waals surface area contributed by atoms with Crippen LogP contribution in [0, 0.1) is 18.3 Å². The van der Waals surface area contributed by atoms with Crippen LogP contribution in [0.2, 0.25) is 0 Å². The van der Waals surface area contributed by atoms with Crippen LogP contribution < -0.4 is 5.32 Å². The molecule has 0 aliphatic carbocycles. The lowest BCUT2D eigenvalue weighted by Gasteiger charge is -2.03. The van der Waals surface area contributed by atoms with Crippen LogP contribution in [-0.4, -0.2) is 15.7 Å². The maximum absolute atomic E-state index is 12.0. The molecule has 5 heteroatoms. The Balaban J connectivity index is 2.22. The topological polar surface area (TPSA) is 70.7 Å². The minimum absolute atomic E-state index is 0.247. The molecule has 0 aliphatic rings. The number of nitrogens with one attached hydrogen (secondary N) is 1. The van der Waals surface area contributed by atoms with E-state index >= 15 is 0 Å². The van der Waals surface area contributed by atoms with Gasteiger partial charge in [0.2, 0.25) is 0 Å². The zero-order valence-corrected chi connectivity index (χ0v) is 10.1. The van der Waals surface area contributed by atoms with Crippen LogP contribution in [0.5, 0.6) is 0 Å². The second-order valence-corrected chi connectivity index (χ2v) is 3.95. The maximum Gasteiger partial charge on any atom is 0.255 e. The molecule has 1 N–H and O–H groups in total. The van der Waals surface area contributed by atoms with Gasteiger partial charge in [0, 0.05) is 18.8 Å². The Morgan fingerprint density at radius 3 is 2.89 bits per heavy atom. The Bertz CT molecular complexity index is 637. The van der Waals surface area contributed by atoms with Gasteiger partial charge in [0.25, 0.3) is 5.91 Å². The van der Waals surface area contributed by atoms with E-state index in [-0.39, 0.29) is 5.91 Å². The lowest BCUT2D eigenvalue weighted by molar-refractivity contribution is 0.102. The highest BCUT2D eigenvalue weighted by Crippen LogP contribution is 2.13. The van der Waals surface area contributed by atoms with Crippen molar-refractivity contribution in [3.63, 3.8) is 0 Å². The maximum atomic E-state index is 12.0. The summed E-state index contributed by atoms with van der Waals surface area (Å²) in [5.74, 6) is -0.247. The molecule has 0 spiro atoms. The van der Waals surface area contributed by atoms with Crippen molar-refractivity contribution in [2.45, 2.75) is 6.92 Å². The summed E-state index contributed by atoms with van der Waals surface area (Å²) in [6, 6.07) is 8.57. The molecule has 0 unspecified atom stereocenters. The number of aryl methyl sites for hydroxylation is 2. The molecule has 1 aromatic heterocycles. The van der Waals surface area contributed by atoms with Gasteiger partial charge in [0.15, 0.2) is 0 Å². The first-order chi connectivity index (χ1) is 8.60. The van der Waals surface area contributed by atoms with Crippen molar-refractivity contribution < 1.29 is 4.79 Å².